The highest BCUT2D eigenvalue weighted by molar-refractivity contribution is 6.02. The monoisotopic (exact) mass is 411 g/mol. The van der Waals surface area contributed by atoms with Crippen LogP contribution in [0.2, 0.25) is 0 Å². The maximum Gasteiger partial charge on any atom is 0.291 e. The molecule has 0 radical (unpaired) electrons. The first-order valence-electron chi connectivity index (χ1n) is 10.4. The van der Waals surface area contributed by atoms with E-state index in [0.29, 0.717) is 17.4 Å². The van der Waals surface area contributed by atoms with Crippen molar-refractivity contribution in [2.45, 2.75) is 26.4 Å². The van der Waals surface area contributed by atoms with Crippen molar-refractivity contribution in [3.8, 4) is 16.9 Å². The molecule has 0 atom stereocenters. The fraction of sp³-hybridized carbons (Fsp3) is 0.148. The second-order valence-corrected chi connectivity index (χ2v) is 7.68. The Balaban J connectivity index is 1.33. The first-order chi connectivity index (χ1) is 15.1. The summed E-state index contributed by atoms with van der Waals surface area (Å²) in [6, 6.07) is 29.3. The van der Waals surface area contributed by atoms with Crippen molar-refractivity contribution in [3.63, 3.8) is 0 Å². The van der Waals surface area contributed by atoms with Crippen LogP contribution in [0.3, 0.4) is 0 Å². The predicted octanol–water partition coefficient (Wildman–Crippen LogP) is 6.90. The molecular formula is C27H25NO3. The Bertz CT molecular complexity index is 1130. The van der Waals surface area contributed by atoms with Gasteiger partial charge in [0.1, 0.15) is 18.1 Å². The Morgan fingerprint density at radius 3 is 2.19 bits per heavy atom. The number of anilines is 1. The van der Waals surface area contributed by atoms with E-state index in [1.54, 1.807) is 12.1 Å². The lowest BCUT2D eigenvalue weighted by Gasteiger charge is -2.08. The number of ether oxygens (including phenoxy) is 1. The Kier molecular flexibility index (Phi) is 6.18. The van der Waals surface area contributed by atoms with Crippen molar-refractivity contribution >= 4 is 11.6 Å². The highest BCUT2D eigenvalue weighted by Crippen LogP contribution is 2.22. The fourth-order valence-corrected chi connectivity index (χ4v) is 3.25. The second-order valence-electron chi connectivity index (χ2n) is 7.68. The van der Waals surface area contributed by atoms with Crippen LogP contribution in [-0.4, -0.2) is 5.91 Å². The average molecular weight is 412 g/mol. The predicted molar refractivity (Wildman–Crippen MR) is 123 cm³/mol. The lowest BCUT2D eigenvalue weighted by atomic mass is 10.0. The highest BCUT2D eigenvalue weighted by Gasteiger charge is 2.12. The van der Waals surface area contributed by atoms with Gasteiger partial charge in [-0.3, -0.25) is 4.79 Å². The van der Waals surface area contributed by atoms with Crippen LogP contribution in [0.15, 0.2) is 95.4 Å². The van der Waals surface area contributed by atoms with Crippen LogP contribution in [-0.2, 0) is 6.61 Å². The van der Waals surface area contributed by atoms with E-state index < -0.39 is 0 Å². The Hall–Kier alpha value is -3.79. The molecule has 0 unspecified atom stereocenters. The Labute approximate surface area is 182 Å². The number of rotatable bonds is 7. The van der Waals surface area contributed by atoms with Gasteiger partial charge in [0.05, 0.1) is 0 Å². The van der Waals surface area contributed by atoms with Gasteiger partial charge in [-0.15, -0.1) is 0 Å². The van der Waals surface area contributed by atoms with Gasteiger partial charge in [0.2, 0.25) is 0 Å². The van der Waals surface area contributed by atoms with Crippen LogP contribution in [0, 0.1) is 0 Å². The van der Waals surface area contributed by atoms with E-state index >= 15 is 0 Å². The zero-order valence-electron chi connectivity index (χ0n) is 17.7. The first-order valence-corrected chi connectivity index (χ1v) is 10.4. The molecule has 1 heterocycles. The van der Waals surface area contributed by atoms with Crippen LogP contribution in [0.4, 0.5) is 5.69 Å². The molecule has 0 saturated carbocycles. The van der Waals surface area contributed by atoms with E-state index in [1.165, 1.54) is 5.56 Å². The van der Waals surface area contributed by atoms with Gasteiger partial charge in [-0.05, 0) is 59.0 Å². The molecule has 156 valence electrons. The maximum atomic E-state index is 12.5. The molecule has 4 nitrogen and oxygen atoms in total. The molecule has 0 aliphatic carbocycles. The highest BCUT2D eigenvalue weighted by atomic mass is 16.5. The van der Waals surface area contributed by atoms with Gasteiger partial charge in [-0.25, -0.2) is 0 Å². The van der Waals surface area contributed by atoms with Gasteiger partial charge in [0.25, 0.3) is 5.91 Å². The van der Waals surface area contributed by atoms with Crippen LogP contribution >= 0.6 is 0 Å². The molecule has 4 aromatic rings. The quantitative estimate of drug-likeness (QED) is 0.360. The zero-order valence-corrected chi connectivity index (χ0v) is 17.7. The number of carbonyl (C=O) groups is 1. The standard InChI is InChI=1S/C27H25NO3/c1-19(2)20-10-14-24(15-11-20)30-18-25-16-17-26(31-25)27(29)28-23-12-8-22(9-13-23)21-6-4-3-5-7-21/h3-17,19H,18H2,1-2H3,(H,28,29). The van der Waals surface area contributed by atoms with E-state index in [9.17, 15) is 4.79 Å². The minimum atomic E-state index is -0.292. The van der Waals surface area contributed by atoms with E-state index in [1.807, 2.05) is 54.6 Å². The molecule has 0 fully saturated rings. The molecule has 3 aromatic carbocycles. The van der Waals surface area contributed by atoms with E-state index in [-0.39, 0.29) is 18.3 Å². The van der Waals surface area contributed by atoms with Gasteiger partial charge in [-0.2, -0.15) is 0 Å². The van der Waals surface area contributed by atoms with Crippen molar-refractivity contribution in [3.05, 3.63) is 108 Å². The number of hydrogen-bond donors (Lipinski definition) is 1. The SMILES string of the molecule is CC(C)c1ccc(OCc2ccc(C(=O)Nc3ccc(-c4ccccc4)cc3)o2)cc1. The summed E-state index contributed by atoms with van der Waals surface area (Å²) < 4.78 is 11.4. The summed E-state index contributed by atoms with van der Waals surface area (Å²) in [5, 5.41) is 2.87. The second kappa shape index (κ2) is 9.35. The number of furan rings is 1. The van der Waals surface area contributed by atoms with Crippen LogP contribution in [0.25, 0.3) is 11.1 Å². The molecular weight excluding hydrogens is 386 g/mol. The zero-order chi connectivity index (χ0) is 21.6. The molecule has 0 aliphatic heterocycles. The summed E-state index contributed by atoms with van der Waals surface area (Å²) in [5.74, 6) is 1.80. The number of nitrogens with one attached hydrogen (secondary N) is 1. The molecule has 0 saturated heterocycles. The Morgan fingerprint density at radius 2 is 1.52 bits per heavy atom. The molecule has 4 rings (SSSR count). The minimum Gasteiger partial charge on any atom is -0.486 e. The summed E-state index contributed by atoms with van der Waals surface area (Å²) in [7, 11) is 0. The van der Waals surface area contributed by atoms with E-state index in [2.05, 4.69) is 43.4 Å². The van der Waals surface area contributed by atoms with Gasteiger partial charge < -0.3 is 14.5 Å². The summed E-state index contributed by atoms with van der Waals surface area (Å²) in [5.41, 5.74) is 4.21. The van der Waals surface area contributed by atoms with Crippen molar-refractivity contribution < 1.29 is 13.9 Å². The molecule has 0 aliphatic rings. The summed E-state index contributed by atoms with van der Waals surface area (Å²) >= 11 is 0. The van der Waals surface area contributed by atoms with Crippen molar-refractivity contribution in [1.29, 1.82) is 0 Å². The largest absolute Gasteiger partial charge is 0.486 e. The topological polar surface area (TPSA) is 51.5 Å². The van der Waals surface area contributed by atoms with Crippen LogP contribution in [0.5, 0.6) is 5.75 Å². The van der Waals surface area contributed by atoms with Gasteiger partial charge >= 0.3 is 0 Å². The fourth-order valence-electron chi connectivity index (χ4n) is 3.25. The van der Waals surface area contributed by atoms with E-state index in [4.69, 9.17) is 9.15 Å². The minimum absolute atomic E-state index is 0.251. The Morgan fingerprint density at radius 1 is 0.839 bits per heavy atom. The van der Waals surface area contributed by atoms with E-state index in [0.717, 1.165) is 16.9 Å². The summed E-state index contributed by atoms with van der Waals surface area (Å²) in [6.07, 6.45) is 0. The molecule has 1 aromatic heterocycles. The summed E-state index contributed by atoms with van der Waals surface area (Å²) in [6.45, 7) is 4.58. The number of carbonyl (C=O) groups excluding carboxylic acids is 1. The van der Waals surface area contributed by atoms with Crippen LogP contribution in [0.1, 0.15) is 41.6 Å². The average Bonchev–Trinajstić information content (AvgIpc) is 3.28. The third-order valence-electron chi connectivity index (χ3n) is 5.06. The molecule has 31 heavy (non-hydrogen) atoms. The number of benzene rings is 3. The summed E-state index contributed by atoms with van der Waals surface area (Å²) in [4.78, 5) is 12.5. The van der Waals surface area contributed by atoms with Crippen molar-refractivity contribution in [1.82, 2.24) is 0 Å². The van der Waals surface area contributed by atoms with Crippen molar-refractivity contribution in [2.75, 3.05) is 5.32 Å². The smallest absolute Gasteiger partial charge is 0.291 e. The third-order valence-corrected chi connectivity index (χ3v) is 5.06. The molecule has 4 heteroatoms. The molecule has 1 N–H and O–H groups in total. The molecule has 0 bridgehead atoms. The van der Waals surface area contributed by atoms with Crippen LogP contribution < -0.4 is 10.1 Å². The first kappa shape index (κ1) is 20.5. The van der Waals surface area contributed by atoms with Gasteiger partial charge in [-0.1, -0.05) is 68.4 Å². The lowest BCUT2D eigenvalue weighted by molar-refractivity contribution is 0.0992. The number of amides is 1. The third kappa shape index (κ3) is 5.23. The van der Waals surface area contributed by atoms with Crippen molar-refractivity contribution in [2.24, 2.45) is 0 Å². The number of hydrogen-bond acceptors (Lipinski definition) is 3. The molecule has 1 amide bonds. The van der Waals surface area contributed by atoms with Gasteiger partial charge in [0.15, 0.2) is 5.76 Å². The molecule has 0 spiro atoms. The lowest BCUT2D eigenvalue weighted by Crippen LogP contribution is -2.10. The maximum absolute atomic E-state index is 12.5. The van der Waals surface area contributed by atoms with Gasteiger partial charge in [0, 0.05) is 5.69 Å². The normalized spacial score (nSPS) is 10.8.